The molecule has 4 rings (SSSR count). The molecule has 3 nitrogen and oxygen atoms in total. The summed E-state index contributed by atoms with van der Waals surface area (Å²) in [6, 6.07) is 30.4. The molecule has 4 aromatic carbocycles. The molecule has 0 spiro atoms. The Morgan fingerprint density at radius 2 is 1.41 bits per heavy atom. The highest BCUT2D eigenvalue weighted by Crippen LogP contribution is 2.33. The first-order valence-corrected chi connectivity index (χ1v) is 9.00. The number of halogens is 1. The number of para-hydroxylation sites is 1. The molecule has 0 aliphatic heterocycles. The van der Waals surface area contributed by atoms with Crippen LogP contribution in [-0.2, 0) is 0 Å². The van der Waals surface area contributed by atoms with Gasteiger partial charge in [0.15, 0.2) is 0 Å². The molecule has 0 saturated heterocycles. The van der Waals surface area contributed by atoms with E-state index in [1.165, 1.54) is 0 Å². The standard InChI is InChI=1S/C23H17ClN2O/c24-18-13-15-19(16-14-18)25-23(27)26(20-9-2-1-3-10-20)22-12-6-8-17-7-4-5-11-21(17)22/h1-16H,(H,25,27). The Balaban J connectivity index is 1.80. The zero-order chi connectivity index (χ0) is 18.6. The summed E-state index contributed by atoms with van der Waals surface area (Å²) >= 11 is 5.94. The van der Waals surface area contributed by atoms with Gasteiger partial charge in [0.1, 0.15) is 0 Å². The number of urea groups is 1. The van der Waals surface area contributed by atoms with Crippen molar-refractivity contribution < 1.29 is 4.79 Å². The number of hydrogen-bond donors (Lipinski definition) is 1. The van der Waals surface area contributed by atoms with Gasteiger partial charge in [-0.05, 0) is 47.9 Å². The second-order valence-electron chi connectivity index (χ2n) is 6.11. The van der Waals surface area contributed by atoms with Gasteiger partial charge in [-0.1, -0.05) is 66.2 Å². The van der Waals surface area contributed by atoms with Crippen molar-refractivity contribution in [3.8, 4) is 0 Å². The minimum absolute atomic E-state index is 0.236. The van der Waals surface area contributed by atoms with Gasteiger partial charge in [0.2, 0.25) is 0 Å². The Kier molecular flexibility index (Phi) is 4.77. The summed E-state index contributed by atoms with van der Waals surface area (Å²) in [6.07, 6.45) is 0. The fourth-order valence-corrected chi connectivity index (χ4v) is 3.18. The zero-order valence-electron chi connectivity index (χ0n) is 14.5. The summed E-state index contributed by atoms with van der Waals surface area (Å²) in [5.41, 5.74) is 2.30. The average Bonchev–Trinajstić information content (AvgIpc) is 2.71. The summed E-state index contributed by atoms with van der Waals surface area (Å²) in [7, 11) is 0. The lowest BCUT2D eigenvalue weighted by molar-refractivity contribution is 0.259. The summed E-state index contributed by atoms with van der Waals surface area (Å²) in [5.74, 6) is 0. The summed E-state index contributed by atoms with van der Waals surface area (Å²) in [4.78, 5) is 14.9. The molecule has 0 aliphatic rings. The van der Waals surface area contributed by atoms with Crippen molar-refractivity contribution >= 4 is 45.5 Å². The highest BCUT2D eigenvalue weighted by Gasteiger charge is 2.20. The van der Waals surface area contributed by atoms with E-state index < -0.39 is 0 Å². The monoisotopic (exact) mass is 372 g/mol. The van der Waals surface area contributed by atoms with E-state index in [9.17, 15) is 4.79 Å². The van der Waals surface area contributed by atoms with E-state index in [-0.39, 0.29) is 6.03 Å². The van der Waals surface area contributed by atoms with Crippen molar-refractivity contribution in [3.63, 3.8) is 0 Å². The molecule has 4 heteroatoms. The minimum atomic E-state index is -0.236. The molecule has 0 fully saturated rings. The molecule has 0 aromatic heterocycles. The van der Waals surface area contributed by atoms with Crippen LogP contribution in [0.25, 0.3) is 10.8 Å². The Hall–Kier alpha value is -3.30. The molecule has 0 aliphatic carbocycles. The van der Waals surface area contributed by atoms with Crippen LogP contribution in [0.2, 0.25) is 5.02 Å². The molecule has 0 atom stereocenters. The van der Waals surface area contributed by atoms with E-state index in [0.717, 1.165) is 22.1 Å². The Morgan fingerprint density at radius 1 is 0.741 bits per heavy atom. The molecule has 0 radical (unpaired) electrons. The number of hydrogen-bond acceptors (Lipinski definition) is 1. The number of rotatable bonds is 3. The van der Waals surface area contributed by atoms with Crippen LogP contribution in [0.15, 0.2) is 97.1 Å². The van der Waals surface area contributed by atoms with Crippen molar-refractivity contribution in [3.05, 3.63) is 102 Å². The molecule has 27 heavy (non-hydrogen) atoms. The van der Waals surface area contributed by atoms with Crippen molar-refractivity contribution in [2.24, 2.45) is 0 Å². The molecule has 0 unspecified atom stereocenters. The van der Waals surface area contributed by atoms with Gasteiger partial charge in [0.05, 0.1) is 11.4 Å². The van der Waals surface area contributed by atoms with Gasteiger partial charge >= 0.3 is 6.03 Å². The number of carbonyl (C=O) groups is 1. The number of carbonyl (C=O) groups excluding carboxylic acids is 1. The first kappa shape index (κ1) is 17.1. The van der Waals surface area contributed by atoms with Crippen LogP contribution in [0.4, 0.5) is 21.9 Å². The van der Waals surface area contributed by atoms with E-state index in [0.29, 0.717) is 10.7 Å². The highest BCUT2D eigenvalue weighted by molar-refractivity contribution is 6.30. The molecule has 2 amide bonds. The maximum atomic E-state index is 13.2. The quantitative estimate of drug-likeness (QED) is 0.418. The molecule has 0 saturated carbocycles. The third-order valence-corrected chi connectivity index (χ3v) is 4.57. The van der Waals surface area contributed by atoms with Gasteiger partial charge < -0.3 is 5.32 Å². The molecule has 0 heterocycles. The van der Waals surface area contributed by atoms with E-state index in [1.54, 1.807) is 29.2 Å². The number of fused-ring (bicyclic) bond motifs is 1. The predicted octanol–water partition coefficient (Wildman–Crippen LogP) is 6.86. The fraction of sp³-hybridized carbons (Fsp3) is 0. The summed E-state index contributed by atoms with van der Waals surface area (Å²) < 4.78 is 0. The van der Waals surface area contributed by atoms with Crippen LogP contribution in [0, 0.1) is 0 Å². The fourth-order valence-electron chi connectivity index (χ4n) is 3.06. The van der Waals surface area contributed by atoms with Gasteiger partial charge in [-0.3, -0.25) is 4.90 Å². The van der Waals surface area contributed by atoms with E-state index >= 15 is 0 Å². The maximum absolute atomic E-state index is 13.2. The van der Waals surface area contributed by atoms with Gasteiger partial charge in [-0.25, -0.2) is 4.79 Å². The van der Waals surface area contributed by atoms with Crippen molar-refractivity contribution in [1.82, 2.24) is 0 Å². The minimum Gasteiger partial charge on any atom is -0.307 e. The first-order chi connectivity index (χ1) is 13.2. The second-order valence-corrected chi connectivity index (χ2v) is 6.54. The van der Waals surface area contributed by atoms with Crippen LogP contribution in [0.1, 0.15) is 0 Å². The third kappa shape index (κ3) is 3.64. The molecular weight excluding hydrogens is 356 g/mol. The number of anilines is 3. The first-order valence-electron chi connectivity index (χ1n) is 8.62. The maximum Gasteiger partial charge on any atom is 0.330 e. The molecule has 0 bridgehead atoms. The highest BCUT2D eigenvalue weighted by atomic mass is 35.5. The lowest BCUT2D eigenvalue weighted by Gasteiger charge is -2.25. The number of nitrogens with one attached hydrogen (secondary N) is 1. The molecule has 4 aromatic rings. The van der Waals surface area contributed by atoms with E-state index in [4.69, 9.17) is 11.6 Å². The summed E-state index contributed by atoms with van der Waals surface area (Å²) in [5, 5.41) is 5.67. The lowest BCUT2D eigenvalue weighted by Crippen LogP contribution is -2.30. The van der Waals surface area contributed by atoms with Gasteiger partial charge in [-0.15, -0.1) is 0 Å². The van der Waals surface area contributed by atoms with Crippen LogP contribution in [0.5, 0.6) is 0 Å². The summed E-state index contributed by atoms with van der Waals surface area (Å²) in [6.45, 7) is 0. The van der Waals surface area contributed by atoms with Gasteiger partial charge in [-0.2, -0.15) is 0 Å². The predicted molar refractivity (Wildman–Crippen MR) is 113 cm³/mol. The molecular formula is C23H17ClN2O. The SMILES string of the molecule is O=C(Nc1ccc(Cl)cc1)N(c1ccccc1)c1cccc2ccccc12. The van der Waals surface area contributed by atoms with Gasteiger partial charge in [0, 0.05) is 16.1 Å². The number of benzene rings is 4. The van der Waals surface area contributed by atoms with Crippen molar-refractivity contribution in [1.29, 1.82) is 0 Å². The van der Waals surface area contributed by atoms with Crippen LogP contribution >= 0.6 is 11.6 Å². The normalized spacial score (nSPS) is 10.6. The molecule has 132 valence electrons. The molecule has 1 N–H and O–H groups in total. The third-order valence-electron chi connectivity index (χ3n) is 4.32. The lowest BCUT2D eigenvalue weighted by atomic mass is 10.1. The smallest absolute Gasteiger partial charge is 0.307 e. The Labute approximate surface area is 162 Å². The van der Waals surface area contributed by atoms with Crippen molar-refractivity contribution in [2.75, 3.05) is 10.2 Å². The van der Waals surface area contributed by atoms with Crippen LogP contribution < -0.4 is 10.2 Å². The van der Waals surface area contributed by atoms with Crippen LogP contribution in [-0.4, -0.2) is 6.03 Å². The Morgan fingerprint density at radius 3 is 2.19 bits per heavy atom. The second kappa shape index (κ2) is 7.52. The number of amides is 2. The number of nitrogens with zero attached hydrogens (tertiary/aromatic N) is 1. The topological polar surface area (TPSA) is 32.3 Å². The van der Waals surface area contributed by atoms with E-state index in [1.807, 2.05) is 72.8 Å². The van der Waals surface area contributed by atoms with Crippen LogP contribution in [0.3, 0.4) is 0 Å². The van der Waals surface area contributed by atoms with Crippen molar-refractivity contribution in [2.45, 2.75) is 0 Å². The van der Waals surface area contributed by atoms with Gasteiger partial charge in [0.25, 0.3) is 0 Å². The Bertz CT molecular complexity index is 1070. The largest absolute Gasteiger partial charge is 0.330 e. The average molecular weight is 373 g/mol. The van der Waals surface area contributed by atoms with E-state index in [2.05, 4.69) is 5.32 Å². The zero-order valence-corrected chi connectivity index (χ0v) is 15.2.